The van der Waals surface area contributed by atoms with Crippen molar-refractivity contribution in [2.24, 2.45) is 0 Å². The summed E-state index contributed by atoms with van der Waals surface area (Å²) in [6.45, 7) is 4.45. The van der Waals surface area contributed by atoms with E-state index in [1.165, 1.54) is 5.56 Å². The lowest BCUT2D eigenvalue weighted by atomic mass is 9.96. The van der Waals surface area contributed by atoms with Crippen molar-refractivity contribution >= 4 is 23.2 Å². The molecular weight excluding hydrogens is 275 g/mol. The van der Waals surface area contributed by atoms with Crippen LogP contribution >= 0.6 is 23.2 Å². The van der Waals surface area contributed by atoms with E-state index in [0.29, 0.717) is 5.92 Å². The molecule has 0 aliphatic carbocycles. The van der Waals surface area contributed by atoms with Crippen molar-refractivity contribution in [3.8, 4) is 0 Å². The Kier molecular flexibility index (Phi) is 4.90. The third-order valence-electron chi connectivity index (χ3n) is 3.57. The lowest BCUT2D eigenvalue weighted by Crippen LogP contribution is -1.95. The van der Waals surface area contributed by atoms with Crippen molar-refractivity contribution in [2.45, 2.75) is 31.6 Å². The zero-order valence-electron chi connectivity index (χ0n) is 11.2. The number of rotatable bonds is 4. The molecule has 0 aliphatic heterocycles. The van der Waals surface area contributed by atoms with Crippen molar-refractivity contribution in [1.29, 1.82) is 0 Å². The van der Waals surface area contributed by atoms with Gasteiger partial charge in [0.15, 0.2) is 0 Å². The maximum Gasteiger partial charge on any atom is 0.0835 e. The molecule has 0 nitrogen and oxygen atoms in total. The number of halogens is 2. The second-order valence-corrected chi connectivity index (χ2v) is 5.76. The molecule has 100 valence electrons. The van der Waals surface area contributed by atoms with Gasteiger partial charge in [0, 0.05) is 5.02 Å². The van der Waals surface area contributed by atoms with Crippen LogP contribution in [0.1, 0.15) is 48.3 Å². The van der Waals surface area contributed by atoms with Crippen LogP contribution in [0.15, 0.2) is 48.5 Å². The SMILES string of the molecule is CCC(C)c1ccc(C(Cl)c2ccc(Cl)cc2)cc1. The number of benzene rings is 2. The molecular formula is C17H18Cl2. The highest BCUT2D eigenvalue weighted by Crippen LogP contribution is 2.30. The predicted molar refractivity (Wildman–Crippen MR) is 84.3 cm³/mol. The molecule has 2 rings (SSSR count). The van der Waals surface area contributed by atoms with Gasteiger partial charge in [-0.3, -0.25) is 0 Å². The minimum atomic E-state index is -0.122. The Hall–Kier alpha value is -0.980. The monoisotopic (exact) mass is 292 g/mol. The van der Waals surface area contributed by atoms with Crippen LogP contribution in [0.25, 0.3) is 0 Å². The first-order valence-corrected chi connectivity index (χ1v) is 7.42. The van der Waals surface area contributed by atoms with Gasteiger partial charge in [-0.1, -0.05) is 61.8 Å². The topological polar surface area (TPSA) is 0 Å². The molecule has 0 N–H and O–H groups in total. The average molecular weight is 293 g/mol. The summed E-state index contributed by atoms with van der Waals surface area (Å²) in [5.74, 6) is 0.596. The van der Waals surface area contributed by atoms with Crippen LogP contribution in [0.4, 0.5) is 0 Å². The fourth-order valence-electron chi connectivity index (χ4n) is 2.05. The summed E-state index contributed by atoms with van der Waals surface area (Å²) in [7, 11) is 0. The van der Waals surface area contributed by atoms with Crippen LogP contribution in [0, 0.1) is 0 Å². The van der Waals surface area contributed by atoms with Gasteiger partial charge >= 0.3 is 0 Å². The van der Waals surface area contributed by atoms with Gasteiger partial charge in [-0.25, -0.2) is 0 Å². The standard InChI is InChI=1S/C17H18Cl2/c1-3-12(2)13-4-6-14(7-5-13)17(19)15-8-10-16(18)11-9-15/h4-12,17H,3H2,1-2H3. The first kappa shape index (κ1) is 14.4. The summed E-state index contributed by atoms with van der Waals surface area (Å²) in [6.07, 6.45) is 1.15. The fraction of sp³-hybridized carbons (Fsp3) is 0.294. The minimum Gasteiger partial charge on any atom is -0.113 e. The smallest absolute Gasteiger partial charge is 0.0835 e. The van der Waals surface area contributed by atoms with Gasteiger partial charge in [-0.15, -0.1) is 11.6 Å². The molecule has 0 amide bonds. The first-order chi connectivity index (χ1) is 9.11. The van der Waals surface area contributed by atoms with Crippen molar-refractivity contribution in [3.63, 3.8) is 0 Å². The highest BCUT2D eigenvalue weighted by atomic mass is 35.5. The van der Waals surface area contributed by atoms with Crippen LogP contribution in [0.3, 0.4) is 0 Å². The molecule has 0 aromatic heterocycles. The molecule has 2 aromatic carbocycles. The quantitative estimate of drug-likeness (QED) is 0.590. The average Bonchev–Trinajstić information content (AvgIpc) is 2.46. The molecule has 0 bridgehead atoms. The number of alkyl halides is 1. The third-order valence-corrected chi connectivity index (χ3v) is 4.33. The van der Waals surface area contributed by atoms with Crippen molar-refractivity contribution in [1.82, 2.24) is 0 Å². The summed E-state index contributed by atoms with van der Waals surface area (Å²) < 4.78 is 0. The molecule has 0 aliphatic rings. The van der Waals surface area contributed by atoms with Gasteiger partial charge in [0.25, 0.3) is 0 Å². The highest BCUT2D eigenvalue weighted by molar-refractivity contribution is 6.30. The number of hydrogen-bond donors (Lipinski definition) is 0. The summed E-state index contributed by atoms with van der Waals surface area (Å²) in [5, 5.41) is 0.614. The lowest BCUT2D eigenvalue weighted by Gasteiger charge is -2.13. The van der Waals surface area contributed by atoms with E-state index in [0.717, 1.165) is 22.6 Å². The molecule has 0 spiro atoms. The van der Waals surface area contributed by atoms with E-state index in [1.807, 2.05) is 24.3 Å². The molecule has 2 aromatic rings. The van der Waals surface area contributed by atoms with E-state index in [-0.39, 0.29) is 5.38 Å². The Morgan fingerprint density at radius 2 is 1.26 bits per heavy atom. The van der Waals surface area contributed by atoms with Gasteiger partial charge in [0.2, 0.25) is 0 Å². The van der Waals surface area contributed by atoms with Gasteiger partial charge in [0.1, 0.15) is 0 Å². The Morgan fingerprint density at radius 1 is 0.842 bits per heavy atom. The fourth-order valence-corrected chi connectivity index (χ4v) is 2.47. The van der Waals surface area contributed by atoms with E-state index in [2.05, 4.69) is 38.1 Å². The molecule has 0 fully saturated rings. The molecule has 2 unspecified atom stereocenters. The maximum atomic E-state index is 6.51. The van der Waals surface area contributed by atoms with Crippen molar-refractivity contribution < 1.29 is 0 Å². The Bertz CT molecular complexity index is 514. The number of hydrogen-bond acceptors (Lipinski definition) is 0. The highest BCUT2D eigenvalue weighted by Gasteiger charge is 2.11. The van der Waals surface area contributed by atoms with Crippen LogP contribution in [0.2, 0.25) is 5.02 Å². The van der Waals surface area contributed by atoms with Crippen molar-refractivity contribution in [2.75, 3.05) is 0 Å². The van der Waals surface area contributed by atoms with Crippen LogP contribution in [0.5, 0.6) is 0 Å². The zero-order valence-corrected chi connectivity index (χ0v) is 12.7. The summed E-state index contributed by atoms with van der Waals surface area (Å²) in [5.41, 5.74) is 3.56. The lowest BCUT2D eigenvalue weighted by molar-refractivity contribution is 0.733. The van der Waals surface area contributed by atoms with E-state index in [1.54, 1.807) is 0 Å². The molecule has 2 heteroatoms. The Labute approximate surface area is 125 Å². The van der Waals surface area contributed by atoms with Gasteiger partial charge in [-0.2, -0.15) is 0 Å². The molecule has 0 saturated heterocycles. The van der Waals surface area contributed by atoms with Crippen LogP contribution in [-0.2, 0) is 0 Å². The third kappa shape index (κ3) is 3.52. The summed E-state index contributed by atoms with van der Waals surface area (Å²) >= 11 is 12.4. The second kappa shape index (κ2) is 6.45. The molecule has 2 atom stereocenters. The van der Waals surface area contributed by atoms with E-state index >= 15 is 0 Å². The zero-order chi connectivity index (χ0) is 13.8. The van der Waals surface area contributed by atoms with E-state index in [9.17, 15) is 0 Å². The summed E-state index contributed by atoms with van der Waals surface area (Å²) in [4.78, 5) is 0. The minimum absolute atomic E-state index is 0.122. The summed E-state index contributed by atoms with van der Waals surface area (Å²) in [6, 6.07) is 16.3. The van der Waals surface area contributed by atoms with Crippen molar-refractivity contribution in [3.05, 3.63) is 70.2 Å². The van der Waals surface area contributed by atoms with E-state index < -0.39 is 0 Å². The van der Waals surface area contributed by atoms with Gasteiger partial charge in [0.05, 0.1) is 5.38 Å². The van der Waals surface area contributed by atoms with Gasteiger partial charge < -0.3 is 0 Å². The molecule has 0 radical (unpaired) electrons. The Balaban J connectivity index is 2.19. The molecule has 19 heavy (non-hydrogen) atoms. The largest absolute Gasteiger partial charge is 0.113 e. The molecule has 0 saturated carbocycles. The first-order valence-electron chi connectivity index (χ1n) is 6.61. The van der Waals surface area contributed by atoms with Crippen LogP contribution < -0.4 is 0 Å². The molecule has 0 heterocycles. The van der Waals surface area contributed by atoms with Crippen LogP contribution in [-0.4, -0.2) is 0 Å². The maximum absolute atomic E-state index is 6.51. The predicted octanol–water partition coefficient (Wildman–Crippen LogP) is 6.18. The second-order valence-electron chi connectivity index (χ2n) is 4.89. The Morgan fingerprint density at radius 3 is 1.74 bits per heavy atom. The van der Waals surface area contributed by atoms with Gasteiger partial charge in [-0.05, 0) is 41.2 Å². The normalized spacial score (nSPS) is 14.1. The van der Waals surface area contributed by atoms with E-state index in [4.69, 9.17) is 23.2 Å².